The molecule has 0 fully saturated rings. The largest absolute Gasteiger partial charge is 0.376 e. The number of hydrogen-bond acceptors (Lipinski definition) is 2. The van der Waals surface area contributed by atoms with Crippen LogP contribution in [0.15, 0.2) is 170 Å². The van der Waals surface area contributed by atoms with Gasteiger partial charge < -0.3 is 9.71 Å². The molecule has 0 saturated carbocycles. The lowest BCUT2D eigenvalue weighted by molar-refractivity contribution is 0.590. The summed E-state index contributed by atoms with van der Waals surface area (Å²) >= 11 is 0. The van der Waals surface area contributed by atoms with Gasteiger partial charge in [-0.15, -0.1) is 0 Å². The molecule has 0 aromatic heterocycles. The van der Waals surface area contributed by atoms with Gasteiger partial charge in [0.1, 0.15) is 0 Å². The molecule has 8 aromatic carbocycles. The van der Waals surface area contributed by atoms with Crippen LogP contribution in [-0.4, -0.2) is 6.85 Å². The van der Waals surface area contributed by atoms with E-state index in [1.54, 1.807) is 0 Å². The molecule has 0 aliphatic carbocycles. The van der Waals surface area contributed by atoms with Gasteiger partial charge in [0.15, 0.2) is 0 Å². The number of hydrogen-bond donors (Lipinski definition) is 0. The summed E-state index contributed by atoms with van der Waals surface area (Å²) in [5.74, 6) is 0. The van der Waals surface area contributed by atoms with Gasteiger partial charge in [-0.2, -0.15) is 0 Å². The molecule has 0 atom stereocenters. The fourth-order valence-electron chi connectivity index (χ4n) is 8.70. The van der Waals surface area contributed by atoms with Crippen molar-refractivity contribution < 1.29 is 0 Å². The van der Waals surface area contributed by atoms with Crippen LogP contribution in [0.2, 0.25) is 0 Å². The summed E-state index contributed by atoms with van der Waals surface area (Å²) in [6.07, 6.45) is 0. The van der Waals surface area contributed by atoms with Gasteiger partial charge in [0.2, 0.25) is 0 Å². The average Bonchev–Trinajstić information content (AvgIpc) is 3.18. The first kappa shape index (κ1) is 29.8. The minimum Gasteiger partial charge on any atom is -0.376 e. The van der Waals surface area contributed by atoms with Crippen LogP contribution in [0, 0.1) is 0 Å². The molecule has 0 spiro atoms. The molecule has 2 aliphatic heterocycles. The van der Waals surface area contributed by atoms with Gasteiger partial charge in [0, 0.05) is 39.3 Å². The zero-order chi connectivity index (χ0) is 34.3. The average molecular weight is 653 g/mol. The van der Waals surface area contributed by atoms with E-state index in [-0.39, 0.29) is 12.3 Å². The predicted octanol–water partition coefficient (Wildman–Crippen LogP) is 11.7. The lowest BCUT2D eigenvalue weighted by atomic mass is 9.43. The maximum Gasteiger partial charge on any atom is 0.333 e. The monoisotopic (exact) mass is 652 g/mol. The Morgan fingerprint density at radius 1 is 0.451 bits per heavy atom. The van der Waals surface area contributed by atoms with Crippen molar-refractivity contribution in [2.75, 3.05) is 9.71 Å². The molecule has 8 aromatic rings. The van der Waals surface area contributed by atoms with Crippen molar-refractivity contribution in [1.29, 1.82) is 0 Å². The number of para-hydroxylation sites is 2. The van der Waals surface area contributed by atoms with Gasteiger partial charge in [-0.25, -0.2) is 0 Å². The number of rotatable bonds is 3. The first-order chi connectivity index (χ1) is 25.0. The lowest BCUT2D eigenvalue weighted by Gasteiger charge is -2.46. The molecular weight excluding hydrogens is 615 g/mol. The third-order valence-electron chi connectivity index (χ3n) is 11.0. The van der Waals surface area contributed by atoms with Gasteiger partial charge in [-0.3, -0.25) is 0 Å². The normalized spacial score (nSPS) is 13.3. The van der Waals surface area contributed by atoms with Crippen LogP contribution >= 0.6 is 0 Å². The topological polar surface area (TPSA) is 6.48 Å². The van der Waals surface area contributed by atoms with Crippen LogP contribution in [0.25, 0.3) is 43.8 Å². The van der Waals surface area contributed by atoms with Crippen LogP contribution in [0.3, 0.4) is 0 Å². The first-order valence-corrected chi connectivity index (χ1v) is 18.0. The van der Waals surface area contributed by atoms with E-state index in [1.165, 1.54) is 88.7 Å². The van der Waals surface area contributed by atoms with E-state index in [2.05, 4.69) is 200 Å². The molecule has 0 radical (unpaired) electrons. The molecule has 0 unspecified atom stereocenters. The van der Waals surface area contributed by atoms with Crippen LogP contribution in [0.1, 0.15) is 26.3 Å². The second-order valence-corrected chi connectivity index (χ2v) is 14.9. The molecule has 0 bridgehead atoms. The van der Waals surface area contributed by atoms with Crippen LogP contribution < -0.4 is 20.6 Å². The summed E-state index contributed by atoms with van der Waals surface area (Å²) in [5.41, 5.74) is 15.2. The Labute approximate surface area is 300 Å². The Hall–Kier alpha value is -6.06. The first-order valence-electron chi connectivity index (χ1n) is 18.0. The highest BCUT2D eigenvalue weighted by molar-refractivity contribution is 6.93. The molecular formula is C48H37BN2. The third-order valence-corrected chi connectivity index (χ3v) is 11.0. The van der Waals surface area contributed by atoms with Crippen molar-refractivity contribution in [1.82, 2.24) is 0 Å². The lowest BCUT2D eigenvalue weighted by Crippen LogP contribution is -2.61. The molecule has 2 heterocycles. The molecule has 51 heavy (non-hydrogen) atoms. The van der Waals surface area contributed by atoms with Crippen molar-refractivity contribution in [2.24, 2.45) is 0 Å². The van der Waals surface area contributed by atoms with Gasteiger partial charge in [-0.1, -0.05) is 160 Å². The van der Waals surface area contributed by atoms with Crippen molar-refractivity contribution in [3.63, 3.8) is 0 Å². The van der Waals surface area contributed by atoms with Crippen LogP contribution in [0.5, 0.6) is 0 Å². The standard InChI is InChI=1S/C48H37BN2/c1-48(2,3)33-28-30-34(31-29-33)51-42-25-13-11-20-37(42)39-23-15-27-44-46(39)49(51)41-24-12-14-26-43(41)50(44)47-40-22-10-8-19-36(40)35-18-7-9-21-38(35)45(47)32-16-5-4-6-17-32/h4-31H,1-3H3. The summed E-state index contributed by atoms with van der Waals surface area (Å²) in [7, 11) is 0. The molecule has 0 N–H and O–H groups in total. The predicted molar refractivity (Wildman–Crippen MR) is 219 cm³/mol. The SMILES string of the molecule is CC(C)(C)c1ccc(N2B3c4ccccc4N(c4c(-c5ccccc5)c5ccccc5c5ccccc45)c4cccc(c43)-c3ccccc32)cc1. The fourth-order valence-corrected chi connectivity index (χ4v) is 8.70. The van der Waals surface area contributed by atoms with Gasteiger partial charge in [-0.05, 0) is 79.5 Å². The van der Waals surface area contributed by atoms with Crippen LogP contribution in [0.4, 0.5) is 28.4 Å². The molecule has 0 saturated heterocycles. The number of nitrogens with zero attached hydrogens (tertiary/aromatic N) is 2. The van der Waals surface area contributed by atoms with Crippen molar-refractivity contribution in [2.45, 2.75) is 26.2 Å². The fraction of sp³-hybridized carbons (Fsp3) is 0.0833. The zero-order valence-corrected chi connectivity index (χ0v) is 29.1. The third kappa shape index (κ3) is 4.44. The molecule has 2 aliphatic rings. The molecule has 2 nitrogen and oxygen atoms in total. The number of anilines is 5. The minimum absolute atomic E-state index is 0.00840. The summed E-state index contributed by atoms with van der Waals surface area (Å²) in [6.45, 7) is 6.85. The second-order valence-electron chi connectivity index (χ2n) is 14.9. The number of fused-ring (bicyclic) bond motifs is 7. The van der Waals surface area contributed by atoms with E-state index in [0.29, 0.717) is 0 Å². The highest BCUT2D eigenvalue weighted by Gasteiger charge is 2.45. The summed E-state index contributed by atoms with van der Waals surface area (Å²) in [4.78, 5) is 5.16. The smallest absolute Gasteiger partial charge is 0.333 e. The van der Waals surface area contributed by atoms with Crippen molar-refractivity contribution in [3.05, 3.63) is 175 Å². The van der Waals surface area contributed by atoms with E-state index in [0.717, 1.165) is 0 Å². The Bertz CT molecular complexity index is 2640. The second kappa shape index (κ2) is 11.2. The van der Waals surface area contributed by atoms with Gasteiger partial charge in [0.25, 0.3) is 0 Å². The Balaban J connectivity index is 1.32. The maximum atomic E-state index is 2.58. The molecule has 3 heteroatoms. The van der Waals surface area contributed by atoms with E-state index < -0.39 is 0 Å². The zero-order valence-electron chi connectivity index (χ0n) is 29.1. The van der Waals surface area contributed by atoms with E-state index in [1.807, 2.05) is 0 Å². The van der Waals surface area contributed by atoms with Crippen molar-refractivity contribution in [3.8, 4) is 22.3 Å². The van der Waals surface area contributed by atoms with Crippen LogP contribution in [-0.2, 0) is 5.41 Å². The van der Waals surface area contributed by atoms with Crippen molar-refractivity contribution >= 4 is 67.8 Å². The van der Waals surface area contributed by atoms with Gasteiger partial charge in [0.05, 0.1) is 5.69 Å². The van der Waals surface area contributed by atoms with E-state index in [4.69, 9.17) is 0 Å². The summed E-state index contributed by atoms with van der Waals surface area (Å²) in [6, 6.07) is 63.1. The minimum atomic E-state index is -0.00840. The molecule has 10 rings (SSSR count). The number of benzene rings is 8. The highest BCUT2D eigenvalue weighted by Crippen LogP contribution is 2.52. The highest BCUT2D eigenvalue weighted by atomic mass is 15.2. The Morgan fingerprint density at radius 2 is 1.02 bits per heavy atom. The maximum absolute atomic E-state index is 2.58. The quantitative estimate of drug-likeness (QED) is 0.138. The van der Waals surface area contributed by atoms with Gasteiger partial charge >= 0.3 is 6.85 Å². The van der Waals surface area contributed by atoms with E-state index in [9.17, 15) is 0 Å². The Morgan fingerprint density at radius 3 is 1.76 bits per heavy atom. The molecule has 0 amide bonds. The Kier molecular flexibility index (Phi) is 6.57. The van der Waals surface area contributed by atoms with E-state index >= 15 is 0 Å². The summed E-state index contributed by atoms with van der Waals surface area (Å²) < 4.78 is 0. The molecule has 242 valence electrons. The summed E-state index contributed by atoms with van der Waals surface area (Å²) in [5, 5.41) is 5.03.